The molecule has 0 N–H and O–H groups in total. The smallest absolute Gasteiger partial charge is 0.343 e. The Labute approximate surface area is 115 Å². The first-order chi connectivity index (χ1) is 9.76. The predicted molar refractivity (Wildman–Crippen MR) is 73.7 cm³/mol. The summed E-state index contributed by atoms with van der Waals surface area (Å²) in [4.78, 5) is 11.8. The minimum Gasteiger partial charge on any atom is -0.497 e. The zero-order chi connectivity index (χ0) is 13.9. The van der Waals surface area contributed by atoms with Gasteiger partial charge in [0.05, 0.1) is 18.9 Å². The number of hydrogen-bond acceptors (Lipinski definition) is 4. The molecule has 0 atom stereocenters. The summed E-state index contributed by atoms with van der Waals surface area (Å²) in [5.41, 5.74) is 1.28. The van der Waals surface area contributed by atoms with Gasteiger partial charge in [0.15, 0.2) is 0 Å². The molecule has 20 heavy (non-hydrogen) atoms. The first-order valence-corrected chi connectivity index (χ1v) is 6.10. The Bertz CT molecular complexity index is 676. The van der Waals surface area contributed by atoms with Crippen molar-refractivity contribution in [1.82, 2.24) is 0 Å². The van der Waals surface area contributed by atoms with Crippen molar-refractivity contribution in [3.05, 3.63) is 65.6 Å². The van der Waals surface area contributed by atoms with Crippen LogP contribution in [-0.2, 0) is 9.53 Å². The Balaban J connectivity index is 1.89. The molecule has 0 fully saturated rings. The van der Waals surface area contributed by atoms with Gasteiger partial charge in [-0.25, -0.2) is 4.79 Å². The van der Waals surface area contributed by atoms with Crippen LogP contribution in [0.1, 0.15) is 11.3 Å². The Morgan fingerprint density at radius 3 is 2.60 bits per heavy atom. The van der Waals surface area contributed by atoms with Crippen molar-refractivity contribution < 1.29 is 18.7 Å². The molecule has 0 aliphatic carbocycles. The summed E-state index contributed by atoms with van der Waals surface area (Å²) in [6.07, 6.45) is 4.91. The lowest BCUT2D eigenvalue weighted by molar-refractivity contribution is -0.130. The molecule has 0 radical (unpaired) electrons. The summed E-state index contributed by atoms with van der Waals surface area (Å²) in [6, 6.07) is 10.9. The number of benzene rings is 1. The summed E-state index contributed by atoms with van der Waals surface area (Å²) in [7, 11) is 1.61. The van der Waals surface area contributed by atoms with Crippen molar-refractivity contribution in [3.63, 3.8) is 0 Å². The molecule has 1 aliphatic heterocycles. The van der Waals surface area contributed by atoms with E-state index in [0.717, 1.165) is 11.3 Å². The van der Waals surface area contributed by atoms with Gasteiger partial charge in [-0.2, -0.15) is 0 Å². The molecule has 3 rings (SSSR count). The standard InChI is InChI=1S/C16H12O4/c1-18-13-6-4-11(5-7-13)15-10-12(16(17)20-15)9-14-3-2-8-19-14/h2-10H,1H3/b12-9+. The molecule has 4 nitrogen and oxygen atoms in total. The number of methoxy groups -OCH3 is 1. The van der Waals surface area contributed by atoms with Crippen LogP contribution in [0.2, 0.25) is 0 Å². The van der Waals surface area contributed by atoms with E-state index < -0.39 is 0 Å². The van der Waals surface area contributed by atoms with Crippen molar-refractivity contribution in [2.75, 3.05) is 7.11 Å². The number of carbonyl (C=O) groups is 1. The van der Waals surface area contributed by atoms with Gasteiger partial charge in [0.25, 0.3) is 0 Å². The monoisotopic (exact) mass is 268 g/mol. The van der Waals surface area contributed by atoms with Gasteiger partial charge in [0, 0.05) is 5.56 Å². The molecule has 0 unspecified atom stereocenters. The van der Waals surface area contributed by atoms with Crippen LogP contribution in [0.4, 0.5) is 0 Å². The lowest BCUT2D eigenvalue weighted by Gasteiger charge is -2.03. The van der Waals surface area contributed by atoms with Crippen molar-refractivity contribution in [2.45, 2.75) is 0 Å². The van der Waals surface area contributed by atoms with E-state index in [1.807, 2.05) is 24.3 Å². The molecular formula is C16H12O4. The molecule has 1 aromatic heterocycles. The van der Waals surface area contributed by atoms with Crippen LogP contribution < -0.4 is 4.74 Å². The number of carbonyl (C=O) groups excluding carboxylic acids is 1. The van der Waals surface area contributed by atoms with Gasteiger partial charge < -0.3 is 13.9 Å². The molecular weight excluding hydrogens is 256 g/mol. The SMILES string of the molecule is COc1ccc(C2=C/C(=C\c3ccco3)C(=O)O2)cc1. The van der Waals surface area contributed by atoms with E-state index >= 15 is 0 Å². The van der Waals surface area contributed by atoms with E-state index in [2.05, 4.69) is 0 Å². The fourth-order valence-corrected chi connectivity index (χ4v) is 1.91. The van der Waals surface area contributed by atoms with Gasteiger partial charge in [-0.1, -0.05) is 0 Å². The van der Waals surface area contributed by atoms with Crippen molar-refractivity contribution >= 4 is 17.8 Å². The van der Waals surface area contributed by atoms with Gasteiger partial charge in [-0.05, 0) is 48.6 Å². The summed E-state index contributed by atoms with van der Waals surface area (Å²) in [6.45, 7) is 0. The lowest BCUT2D eigenvalue weighted by Crippen LogP contribution is -1.97. The van der Waals surface area contributed by atoms with Gasteiger partial charge in [-0.15, -0.1) is 0 Å². The maximum atomic E-state index is 11.8. The third kappa shape index (κ3) is 2.36. The fourth-order valence-electron chi connectivity index (χ4n) is 1.91. The highest BCUT2D eigenvalue weighted by Gasteiger charge is 2.22. The van der Waals surface area contributed by atoms with E-state index in [-0.39, 0.29) is 5.97 Å². The Morgan fingerprint density at radius 1 is 1.15 bits per heavy atom. The molecule has 0 saturated carbocycles. The highest BCUT2D eigenvalue weighted by molar-refractivity contribution is 6.04. The van der Waals surface area contributed by atoms with E-state index in [1.54, 1.807) is 37.7 Å². The largest absolute Gasteiger partial charge is 0.497 e. The number of cyclic esters (lactones) is 1. The van der Waals surface area contributed by atoms with Crippen molar-refractivity contribution in [2.24, 2.45) is 0 Å². The number of rotatable bonds is 3. The summed E-state index contributed by atoms with van der Waals surface area (Å²) in [5, 5.41) is 0. The van der Waals surface area contributed by atoms with Crippen LogP contribution >= 0.6 is 0 Å². The van der Waals surface area contributed by atoms with Crippen LogP contribution in [0, 0.1) is 0 Å². The van der Waals surface area contributed by atoms with Crippen molar-refractivity contribution in [3.8, 4) is 5.75 Å². The maximum Gasteiger partial charge on any atom is 0.343 e. The minimum absolute atomic E-state index is 0.382. The zero-order valence-electron chi connectivity index (χ0n) is 10.8. The van der Waals surface area contributed by atoms with Crippen molar-refractivity contribution in [1.29, 1.82) is 0 Å². The second-order valence-electron chi connectivity index (χ2n) is 4.24. The summed E-state index contributed by atoms with van der Waals surface area (Å²) in [5.74, 6) is 1.51. The summed E-state index contributed by atoms with van der Waals surface area (Å²) < 4.78 is 15.5. The molecule has 1 aromatic carbocycles. The van der Waals surface area contributed by atoms with Gasteiger partial charge in [0.2, 0.25) is 0 Å². The number of esters is 1. The molecule has 2 aromatic rings. The van der Waals surface area contributed by atoms with Crippen LogP contribution in [0.3, 0.4) is 0 Å². The normalized spacial score (nSPS) is 16.1. The number of hydrogen-bond donors (Lipinski definition) is 0. The van der Waals surface area contributed by atoms with E-state index in [1.165, 1.54) is 0 Å². The topological polar surface area (TPSA) is 48.7 Å². The molecule has 0 saturated heterocycles. The van der Waals surface area contributed by atoms with Crippen LogP contribution in [0.15, 0.2) is 58.7 Å². The highest BCUT2D eigenvalue weighted by atomic mass is 16.5. The molecule has 4 heteroatoms. The first-order valence-electron chi connectivity index (χ1n) is 6.10. The minimum atomic E-state index is -0.382. The Kier molecular flexibility index (Phi) is 3.13. The molecule has 0 amide bonds. The zero-order valence-corrected chi connectivity index (χ0v) is 10.8. The second kappa shape index (κ2) is 5.09. The quantitative estimate of drug-likeness (QED) is 0.633. The van der Waals surface area contributed by atoms with E-state index in [9.17, 15) is 4.79 Å². The fraction of sp³-hybridized carbons (Fsp3) is 0.0625. The average Bonchev–Trinajstić information content (AvgIpc) is 3.10. The third-order valence-electron chi connectivity index (χ3n) is 2.94. The van der Waals surface area contributed by atoms with Crippen LogP contribution in [0.5, 0.6) is 5.75 Å². The molecule has 0 spiro atoms. The molecule has 0 bridgehead atoms. The van der Waals surface area contributed by atoms with E-state index in [4.69, 9.17) is 13.9 Å². The Hall–Kier alpha value is -2.75. The second-order valence-corrected chi connectivity index (χ2v) is 4.24. The van der Waals surface area contributed by atoms with E-state index in [0.29, 0.717) is 17.1 Å². The third-order valence-corrected chi connectivity index (χ3v) is 2.94. The highest BCUT2D eigenvalue weighted by Crippen LogP contribution is 2.28. The molecule has 2 heterocycles. The molecule has 100 valence electrons. The predicted octanol–water partition coefficient (Wildman–Crippen LogP) is 3.27. The van der Waals surface area contributed by atoms with Crippen LogP contribution in [0.25, 0.3) is 11.8 Å². The van der Waals surface area contributed by atoms with Crippen LogP contribution in [-0.4, -0.2) is 13.1 Å². The van der Waals surface area contributed by atoms with Gasteiger partial charge in [0.1, 0.15) is 17.3 Å². The lowest BCUT2D eigenvalue weighted by atomic mass is 10.1. The number of ether oxygens (including phenoxy) is 2. The maximum absolute atomic E-state index is 11.8. The number of furan rings is 1. The Morgan fingerprint density at radius 2 is 1.95 bits per heavy atom. The first kappa shape index (κ1) is 12.3. The van der Waals surface area contributed by atoms with Gasteiger partial charge >= 0.3 is 5.97 Å². The summed E-state index contributed by atoms with van der Waals surface area (Å²) >= 11 is 0. The molecule has 1 aliphatic rings. The van der Waals surface area contributed by atoms with Gasteiger partial charge in [-0.3, -0.25) is 0 Å². The average molecular weight is 268 g/mol.